The second-order valence-corrected chi connectivity index (χ2v) is 6.48. The number of hydrogen-bond acceptors (Lipinski definition) is 3. The first-order chi connectivity index (χ1) is 9.94. The number of urea groups is 1. The summed E-state index contributed by atoms with van der Waals surface area (Å²) in [6.45, 7) is 4.03. The van der Waals surface area contributed by atoms with Gasteiger partial charge in [-0.2, -0.15) is 0 Å². The predicted molar refractivity (Wildman–Crippen MR) is 78.1 cm³/mol. The van der Waals surface area contributed by atoms with E-state index in [0.29, 0.717) is 12.8 Å². The highest BCUT2D eigenvalue weighted by molar-refractivity contribution is 5.75. The third-order valence-corrected chi connectivity index (χ3v) is 4.31. The maximum atomic E-state index is 11.9. The average molecular weight is 298 g/mol. The second-order valence-electron chi connectivity index (χ2n) is 6.48. The number of rotatable bonds is 5. The number of carboxylic acid groups (broad SMARTS) is 1. The molecule has 2 rings (SSSR count). The predicted octanol–water partition coefficient (Wildman–Crippen LogP) is 1.88. The van der Waals surface area contributed by atoms with E-state index in [2.05, 4.69) is 10.6 Å². The van der Waals surface area contributed by atoms with Gasteiger partial charge in [-0.1, -0.05) is 0 Å². The summed E-state index contributed by atoms with van der Waals surface area (Å²) in [4.78, 5) is 22.8. The summed E-state index contributed by atoms with van der Waals surface area (Å²) in [5, 5.41) is 14.8. The van der Waals surface area contributed by atoms with Crippen LogP contribution in [0.15, 0.2) is 0 Å². The number of aliphatic carboxylic acids is 1. The Morgan fingerprint density at radius 3 is 2.14 bits per heavy atom. The molecule has 0 aromatic heterocycles. The summed E-state index contributed by atoms with van der Waals surface area (Å²) in [7, 11) is 0. The summed E-state index contributed by atoms with van der Waals surface area (Å²) >= 11 is 0. The first kappa shape index (κ1) is 16.1. The molecule has 0 heterocycles. The van der Waals surface area contributed by atoms with Gasteiger partial charge in [0.1, 0.15) is 0 Å². The molecule has 120 valence electrons. The SMILES string of the molecule is CC(C)OC1CC(NC(=O)NC2CCC(C(=O)O)CC2)C1. The van der Waals surface area contributed by atoms with Crippen molar-refractivity contribution in [2.75, 3.05) is 0 Å². The van der Waals surface area contributed by atoms with E-state index in [9.17, 15) is 9.59 Å². The van der Waals surface area contributed by atoms with Gasteiger partial charge in [-0.3, -0.25) is 4.79 Å². The van der Waals surface area contributed by atoms with Crippen molar-refractivity contribution >= 4 is 12.0 Å². The average Bonchev–Trinajstić information content (AvgIpc) is 2.36. The van der Waals surface area contributed by atoms with Gasteiger partial charge in [0.25, 0.3) is 0 Å². The number of carboxylic acids is 1. The van der Waals surface area contributed by atoms with Gasteiger partial charge in [0, 0.05) is 12.1 Å². The molecule has 2 aliphatic rings. The van der Waals surface area contributed by atoms with E-state index in [-0.39, 0.29) is 36.2 Å². The molecule has 0 saturated heterocycles. The lowest BCUT2D eigenvalue weighted by Gasteiger charge is -2.37. The Labute approximate surface area is 125 Å². The van der Waals surface area contributed by atoms with E-state index in [4.69, 9.17) is 9.84 Å². The van der Waals surface area contributed by atoms with E-state index in [1.54, 1.807) is 0 Å². The Bertz CT molecular complexity index is 372. The topological polar surface area (TPSA) is 87.7 Å². The minimum atomic E-state index is -0.719. The van der Waals surface area contributed by atoms with Crippen LogP contribution in [0.3, 0.4) is 0 Å². The molecule has 0 aliphatic heterocycles. The van der Waals surface area contributed by atoms with Crippen LogP contribution in [0.2, 0.25) is 0 Å². The summed E-state index contributed by atoms with van der Waals surface area (Å²) in [6.07, 6.45) is 5.02. The van der Waals surface area contributed by atoms with Crippen LogP contribution in [0, 0.1) is 5.92 Å². The van der Waals surface area contributed by atoms with Gasteiger partial charge in [0.05, 0.1) is 18.1 Å². The van der Waals surface area contributed by atoms with Crippen LogP contribution >= 0.6 is 0 Å². The zero-order chi connectivity index (χ0) is 15.4. The normalized spacial score (nSPS) is 32.3. The van der Waals surface area contributed by atoms with Gasteiger partial charge in [-0.15, -0.1) is 0 Å². The minimum absolute atomic E-state index is 0.100. The van der Waals surface area contributed by atoms with Crippen molar-refractivity contribution in [2.45, 2.75) is 76.7 Å². The molecule has 0 aromatic rings. The van der Waals surface area contributed by atoms with Crippen LogP contribution in [0.4, 0.5) is 4.79 Å². The molecule has 2 saturated carbocycles. The number of ether oxygens (including phenoxy) is 1. The van der Waals surface area contributed by atoms with Gasteiger partial charge >= 0.3 is 12.0 Å². The van der Waals surface area contributed by atoms with E-state index in [1.807, 2.05) is 13.8 Å². The van der Waals surface area contributed by atoms with Gasteiger partial charge in [0.15, 0.2) is 0 Å². The lowest BCUT2D eigenvalue weighted by molar-refractivity contribution is -0.142. The zero-order valence-electron chi connectivity index (χ0n) is 12.8. The van der Waals surface area contributed by atoms with Crippen LogP contribution < -0.4 is 10.6 Å². The largest absolute Gasteiger partial charge is 0.481 e. The van der Waals surface area contributed by atoms with Crippen LogP contribution in [-0.4, -0.2) is 41.4 Å². The zero-order valence-corrected chi connectivity index (χ0v) is 12.8. The summed E-state index contributed by atoms with van der Waals surface area (Å²) in [5.74, 6) is -0.963. The Hall–Kier alpha value is -1.30. The maximum Gasteiger partial charge on any atom is 0.315 e. The third-order valence-electron chi connectivity index (χ3n) is 4.31. The molecular weight excluding hydrogens is 272 g/mol. The maximum absolute atomic E-state index is 11.9. The van der Waals surface area contributed by atoms with Crippen LogP contribution in [-0.2, 0) is 9.53 Å². The smallest absolute Gasteiger partial charge is 0.315 e. The monoisotopic (exact) mass is 298 g/mol. The van der Waals surface area contributed by atoms with Crippen molar-refractivity contribution < 1.29 is 19.4 Å². The number of amides is 2. The molecule has 0 atom stereocenters. The minimum Gasteiger partial charge on any atom is -0.481 e. The molecule has 0 spiro atoms. The fourth-order valence-electron chi connectivity index (χ4n) is 3.08. The van der Waals surface area contributed by atoms with E-state index < -0.39 is 5.97 Å². The Balaban J connectivity index is 1.60. The quantitative estimate of drug-likeness (QED) is 0.723. The van der Waals surface area contributed by atoms with Crippen LogP contribution in [0.1, 0.15) is 52.4 Å². The molecule has 6 heteroatoms. The molecule has 0 radical (unpaired) electrons. The third kappa shape index (κ3) is 4.88. The van der Waals surface area contributed by atoms with E-state index in [1.165, 1.54) is 0 Å². The van der Waals surface area contributed by atoms with Crippen molar-refractivity contribution in [3.8, 4) is 0 Å². The van der Waals surface area contributed by atoms with Crippen molar-refractivity contribution in [2.24, 2.45) is 5.92 Å². The Kier molecular flexibility index (Phi) is 5.45. The standard InChI is InChI=1S/C15H26N2O4/c1-9(2)21-13-7-12(8-13)17-15(20)16-11-5-3-10(4-6-11)14(18)19/h9-13H,3-8H2,1-2H3,(H,18,19)(H2,16,17,20). The summed E-state index contributed by atoms with van der Waals surface area (Å²) in [6, 6.07) is 0.161. The Morgan fingerprint density at radius 2 is 1.62 bits per heavy atom. The van der Waals surface area contributed by atoms with Crippen molar-refractivity contribution in [1.29, 1.82) is 0 Å². The number of carbonyl (C=O) groups excluding carboxylic acids is 1. The van der Waals surface area contributed by atoms with Gasteiger partial charge in [-0.05, 0) is 52.4 Å². The molecule has 2 aliphatic carbocycles. The highest BCUT2D eigenvalue weighted by atomic mass is 16.5. The lowest BCUT2D eigenvalue weighted by Crippen LogP contribution is -2.53. The fraction of sp³-hybridized carbons (Fsp3) is 0.867. The van der Waals surface area contributed by atoms with E-state index >= 15 is 0 Å². The fourth-order valence-corrected chi connectivity index (χ4v) is 3.08. The second kappa shape index (κ2) is 7.11. The molecule has 0 unspecified atom stereocenters. The van der Waals surface area contributed by atoms with Crippen LogP contribution in [0.25, 0.3) is 0 Å². The highest BCUT2D eigenvalue weighted by Crippen LogP contribution is 2.26. The van der Waals surface area contributed by atoms with Gasteiger partial charge < -0.3 is 20.5 Å². The Morgan fingerprint density at radius 1 is 1.05 bits per heavy atom. The van der Waals surface area contributed by atoms with Crippen molar-refractivity contribution in [1.82, 2.24) is 10.6 Å². The number of nitrogens with one attached hydrogen (secondary N) is 2. The molecule has 0 bridgehead atoms. The first-order valence-electron chi connectivity index (χ1n) is 7.89. The molecule has 6 nitrogen and oxygen atoms in total. The number of carbonyl (C=O) groups is 2. The molecular formula is C15H26N2O4. The summed E-state index contributed by atoms with van der Waals surface area (Å²) in [5.41, 5.74) is 0. The molecule has 0 aromatic carbocycles. The lowest BCUT2D eigenvalue weighted by atomic mass is 9.86. The highest BCUT2D eigenvalue weighted by Gasteiger charge is 2.32. The molecule has 2 amide bonds. The van der Waals surface area contributed by atoms with Gasteiger partial charge in [-0.25, -0.2) is 4.79 Å². The molecule has 3 N–H and O–H groups in total. The van der Waals surface area contributed by atoms with Gasteiger partial charge in [0.2, 0.25) is 0 Å². The number of hydrogen-bond donors (Lipinski definition) is 3. The molecule has 21 heavy (non-hydrogen) atoms. The first-order valence-corrected chi connectivity index (χ1v) is 7.89. The van der Waals surface area contributed by atoms with E-state index in [0.717, 1.165) is 25.7 Å². The van der Waals surface area contributed by atoms with Crippen molar-refractivity contribution in [3.05, 3.63) is 0 Å². The molecule has 2 fully saturated rings. The summed E-state index contributed by atoms with van der Waals surface area (Å²) < 4.78 is 5.65. The van der Waals surface area contributed by atoms with Crippen LogP contribution in [0.5, 0.6) is 0 Å². The van der Waals surface area contributed by atoms with Crippen molar-refractivity contribution in [3.63, 3.8) is 0 Å².